The average Bonchev–Trinajstić information content (AvgIpc) is 3.42. The Bertz CT molecular complexity index is 894. The zero-order valence-corrected chi connectivity index (χ0v) is 15.3. The summed E-state index contributed by atoms with van der Waals surface area (Å²) in [5.74, 6) is 0.887. The number of likely N-dealkylation sites (tertiary alicyclic amines) is 1. The van der Waals surface area contributed by atoms with Gasteiger partial charge in [-0.25, -0.2) is 4.98 Å². The summed E-state index contributed by atoms with van der Waals surface area (Å²) >= 11 is 1.53. The number of hydrogen-bond acceptors (Lipinski definition) is 5. The molecular weight excluding hydrogens is 348 g/mol. The van der Waals surface area contributed by atoms with Crippen LogP contribution in [0.15, 0.2) is 41.9 Å². The first kappa shape index (κ1) is 16.7. The number of methoxy groups -OCH3 is 1. The number of H-pyrrole nitrogens is 1. The van der Waals surface area contributed by atoms with Gasteiger partial charge < -0.3 is 19.9 Å². The Morgan fingerprint density at radius 1 is 1.27 bits per heavy atom. The zero-order valence-electron chi connectivity index (χ0n) is 14.5. The van der Waals surface area contributed by atoms with Crippen LogP contribution in [0.4, 0.5) is 10.8 Å². The molecule has 26 heavy (non-hydrogen) atoms. The number of carbonyl (C=O) groups is 1. The largest absolute Gasteiger partial charge is 0.497 e. The molecule has 2 aromatic heterocycles. The summed E-state index contributed by atoms with van der Waals surface area (Å²) in [6.45, 7) is 1.69. The minimum atomic E-state index is 0.0700. The molecule has 4 rings (SSSR count). The third-order valence-corrected chi connectivity index (χ3v) is 5.21. The number of benzene rings is 1. The SMILES string of the molecule is COc1ccc(Nc2nc(-c3c[nH]c(C(=O)N4CCCC4)c3)cs2)cc1. The molecule has 6 nitrogen and oxygen atoms in total. The first-order chi connectivity index (χ1) is 12.7. The van der Waals surface area contributed by atoms with Crippen LogP contribution in [0.5, 0.6) is 5.75 Å². The molecule has 0 bridgehead atoms. The van der Waals surface area contributed by atoms with Crippen molar-refractivity contribution in [1.82, 2.24) is 14.9 Å². The van der Waals surface area contributed by atoms with E-state index in [2.05, 4.69) is 15.3 Å². The molecule has 0 radical (unpaired) electrons. The lowest BCUT2D eigenvalue weighted by Gasteiger charge is -2.13. The van der Waals surface area contributed by atoms with Crippen molar-refractivity contribution in [3.05, 3.63) is 47.6 Å². The topological polar surface area (TPSA) is 70.2 Å². The fourth-order valence-corrected chi connectivity index (χ4v) is 3.76. The lowest BCUT2D eigenvalue weighted by molar-refractivity contribution is 0.0788. The molecule has 3 heterocycles. The summed E-state index contributed by atoms with van der Waals surface area (Å²) in [5, 5.41) is 6.08. The van der Waals surface area contributed by atoms with E-state index in [9.17, 15) is 4.79 Å². The van der Waals surface area contributed by atoms with Crippen LogP contribution in [0.25, 0.3) is 11.3 Å². The van der Waals surface area contributed by atoms with Gasteiger partial charge in [-0.15, -0.1) is 11.3 Å². The van der Waals surface area contributed by atoms with Gasteiger partial charge >= 0.3 is 0 Å². The highest BCUT2D eigenvalue weighted by Crippen LogP contribution is 2.28. The van der Waals surface area contributed by atoms with Crippen molar-refractivity contribution in [2.75, 3.05) is 25.5 Å². The van der Waals surface area contributed by atoms with E-state index in [1.54, 1.807) is 7.11 Å². The normalized spacial score (nSPS) is 13.8. The molecule has 0 unspecified atom stereocenters. The van der Waals surface area contributed by atoms with Crippen molar-refractivity contribution >= 4 is 28.1 Å². The number of aromatic nitrogens is 2. The Kier molecular flexibility index (Phi) is 4.62. The molecule has 0 spiro atoms. The number of rotatable bonds is 5. The smallest absolute Gasteiger partial charge is 0.270 e. The van der Waals surface area contributed by atoms with Crippen molar-refractivity contribution in [1.29, 1.82) is 0 Å². The van der Waals surface area contributed by atoms with Gasteiger partial charge in [0, 0.05) is 35.9 Å². The highest BCUT2D eigenvalue weighted by Gasteiger charge is 2.21. The number of nitrogens with one attached hydrogen (secondary N) is 2. The molecule has 0 atom stereocenters. The molecule has 0 saturated carbocycles. The Morgan fingerprint density at radius 3 is 2.77 bits per heavy atom. The van der Waals surface area contributed by atoms with E-state index < -0.39 is 0 Å². The Balaban J connectivity index is 1.46. The molecule has 0 aliphatic carbocycles. The Hall–Kier alpha value is -2.80. The van der Waals surface area contributed by atoms with E-state index in [4.69, 9.17) is 4.74 Å². The van der Waals surface area contributed by atoms with Crippen LogP contribution in [0.3, 0.4) is 0 Å². The molecule has 3 aromatic rings. The lowest BCUT2D eigenvalue weighted by atomic mass is 10.2. The third-order valence-electron chi connectivity index (χ3n) is 4.45. The molecule has 7 heteroatoms. The summed E-state index contributed by atoms with van der Waals surface area (Å²) in [6, 6.07) is 9.58. The van der Waals surface area contributed by atoms with Crippen LogP contribution in [0.2, 0.25) is 0 Å². The molecule has 1 aliphatic rings. The van der Waals surface area contributed by atoms with Crippen molar-refractivity contribution in [3.8, 4) is 17.0 Å². The van der Waals surface area contributed by atoms with E-state index in [0.717, 1.165) is 53.8 Å². The van der Waals surface area contributed by atoms with Gasteiger partial charge in [0.15, 0.2) is 5.13 Å². The number of anilines is 2. The first-order valence-electron chi connectivity index (χ1n) is 8.57. The van der Waals surface area contributed by atoms with Gasteiger partial charge in [-0.2, -0.15) is 0 Å². The summed E-state index contributed by atoms with van der Waals surface area (Å²) in [7, 11) is 1.65. The molecule has 1 aromatic carbocycles. The van der Waals surface area contributed by atoms with Gasteiger partial charge in [-0.1, -0.05) is 0 Å². The first-order valence-corrected chi connectivity index (χ1v) is 9.45. The predicted molar refractivity (Wildman–Crippen MR) is 103 cm³/mol. The maximum Gasteiger partial charge on any atom is 0.270 e. The van der Waals surface area contributed by atoms with E-state index in [0.29, 0.717) is 5.69 Å². The van der Waals surface area contributed by atoms with E-state index in [1.165, 1.54) is 11.3 Å². The number of nitrogens with zero attached hydrogens (tertiary/aromatic N) is 2. The lowest BCUT2D eigenvalue weighted by Crippen LogP contribution is -2.27. The fraction of sp³-hybridized carbons (Fsp3) is 0.263. The molecule has 1 fully saturated rings. The summed E-state index contributed by atoms with van der Waals surface area (Å²) in [5.41, 5.74) is 3.35. The molecular formula is C19H20N4O2S. The van der Waals surface area contributed by atoms with Crippen LogP contribution in [-0.4, -0.2) is 41.0 Å². The van der Waals surface area contributed by atoms with Crippen molar-refractivity contribution in [2.24, 2.45) is 0 Å². The van der Waals surface area contributed by atoms with E-state index in [-0.39, 0.29) is 5.91 Å². The number of aromatic amines is 1. The fourth-order valence-electron chi connectivity index (χ4n) is 3.02. The van der Waals surface area contributed by atoms with Crippen LogP contribution in [-0.2, 0) is 0 Å². The van der Waals surface area contributed by atoms with Crippen LogP contribution < -0.4 is 10.1 Å². The molecule has 1 aliphatic heterocycles. The standard InChI is InChI=1S/C19H20N4O2S/c1-25-15-6-4-14(5-7-15)21-19-22-17(12-26-19)13-10-16(20-11-13)18(24)23-8-2-3-9-23/h4-7,10-12,20H,2-3,8-9H2,1H3,(H,21,22). The van der Waals surface area contributed by atoms with Gasteiger partial charge in [-0.05, 0) is 43.2 Å². The summed E-state index contributed by atoms with van der Waals surface area (Å²) in [6.07, 6.45) is 4.02. The molecule has 134 valence electrons. The third kappa shape index (κ3) is 3.43. The summed E-state index contributed by atoms with van der Waals surface area (Å²) in [4.78, 5) is 22.1. The minimum absolute atomic E-state index is 0.0700. The second-order valence-corrected chi connectivity index (χ2v) is 7.05. The maximum absolute atomic E-state index is 12.4. The van der Waals surface area contributed by atoms with Crippen molar-refractivity contribution in [2.45, 2.75) is 12.8 Å². The average molecular weight is 368 g/mol. The number of hydrogen-bond donors (Lipinski definition) is 2. The molecule has 1 amide bonds. The quantitative estimate of drug-likeness (QED) is 0.710. The zero-order chi connectivity index (χ0) is 17.9. The summed E-state index contributed by atoms with van der Waals surface area (Å²) < 4.78 is 5.16. The van der Waals surface area contributed by atoms with Gasteiger partial charge in [0.2, 0.25) is 0 Å². The van der Waals surface area contributed by atoms with Gasteiger partial charge in [0.25, 0.3) is 5.91 Å². The van der Waals surface area contributed by atoms with Crippen LogP contribution in [0.1, 0.15) is 23.3 Å². The van der Waals surface area contributed by atoms with Gasteiger partial charge in [0.1, 0.15) is 11.4 Å². The van der Waals surface area contributed by atoms with Crippen molar-refractivity contribution in [3.63, 3.8) is 0 Å². The number of thiazole rings is 1. The highest BCUT2D eigenvalue weighted by molar-refractivity contribution is 7.14. The van der Waals surface area contributed by atoms with E-state index in [1.807, 2.05) is 46.8 Å². The van der Waals surface area contributed by atoms with Crippen molar-refractivity contribution < 1.29 is 9.53 Å². The maximum atomic E-state index is 12.4. The highest BCUT2D eigenvalue weighted by atomic mass is 32.1. The molecule has 1 saturated heterocycles. The van der Waals surface area contributed by atoms with E-state index >= 15 is 0 Å². The number of ether oxygens (including phenoxy) is 1. The Morgan fingerprint density at radius 2 is 2.04 bits per heavy atom. The van der Waals surface area contributed by atoms with Gasteiger partial charge in [-0.3, -0.25) is 4.79 Å². The predicted octanol–water partition coefficient (Wildman–Crippen LogP) is 4.13. The molecule has 2 N–H and O–H groups in total. The second-order valence-electron chi connectivity index (χ2n) is 6.19. The monoisotopic (exact) mass is 368 g/mol. The second kappa shape index (κ2) is 7.21. The number of carbonyl (C=O) groups excluding carboxylic acids is 1. The number of amides is 1. The van der Waals surface area contributed by atoms with Gasteiger partial charge in [0.05, 0.1) is 12.8 Å². The minimum Gasteiger partial charge on any atom is -0.497 e. The Labute approximate surface area is 155 Å². The van der Waals surface area contributed by atoms with Crippen LogP contribution in [0, 0.1) is 0 Å². The van der Waals surface area contributed by atoms with Crippen LogP contribution >= 0.6 is 11.3 Å².